The molecule has 0 bridgehead atoms. The van der Waals surface area contributed by atoms with Gasteiger partial charge in [-0.1, -0.05) is 18.2 Å². The topological polar surface area (TPSA) is 67.6 Å². The van der Waals surface area contributed by atoms with E-state index in [1.807, 2.05) is 48.5 Å². The van der Waals surface area contributed by atoms with Gasteiger partial charge in [-0.05, 0) is 24.3 Å². The lowest BCUT2D eigenvalue weighted by molar-refractivity contribution is 0.174. The number of para-hydroxylation sites is 1. The molecule has 1 aliphatic heterocycles. The molecule has 0 fully saturated rings. The van der Waals surface area contributed by atoms with Crippen molar-refractivity contribution < 1.29 is 19.0 Å². The number of phenolic OH excluding ortho intramolecular Hbond substituents is 1. The maximum absolute atomic E-state index is 10.5. The summed E-state index contributed by atoms with van der Waals surface area (Å²) >= 11 is 0. The second-order valence-corrected chi connectivity index (χ2v) is 6.44. The van der Waals surface area contributed by atoms with Crippen LogP contribution in [0.15, 0.2) is 59.0 Å². The first-order chi connectivity index (χ1) is 12.8. The van der Waals surface area contributed by atoms with Gasteiger partial charge in [0.25, 0.3) is 0 Å². The Labute approximate surface area is 147 Å². The van der Waals surface area contributed by atoms with Crippen molar-refractivity contribution in [2.75, 3.05) is 6.79 Å². The summed E-state index contributed by atoms with van der Waals surface area (Å²) in [5, 5.41) is 13.5. The predicted molar refractivity (Wildman–Crippen MR) is 98.8 cm³/mol. The third-order valence-corrected chi connectivity index (χ3v) is 4.90. The Kier molecular flexibility index (Phi) is 2.48. The number of furan rings is 1. The van der Waals surface area contributed by atoms with Gasteiger partial charge in [-0.25, -0.2) is 0 Å². The van der Waals surface area contributed by atoms with Gasteiger partial charge in [0.05, 0.1) is 5.69 Å². The standard InChI is InChI=1S/C21H13NO4/c23-17-8-18-12(13-7-20-21(25-10-24-20)9-19(13)26-18)6-14(17)16-5-11-3-1-2-4-15(11)22-16/h1-9,22-23H,10H2. The van der Waals surface area contributed by atoms with Crippen LogP contribution in [0.2, 0.25) is 0 Å². The van der Waals surface area contributed by atoms with E-state index < -0.39 is 0 Å². The highest BCUT2D eigenvalue weighted by Crippen LogP contribution is 2.43. The average Bonchev–Trinajstić information content (AvgIpc) is 3.34. The average molecular weight is 343 g/mol. The van der Waals surface area contributed by atoms with E-state index in [0.717, 1.165) is 32.9 Å². The van der Waals surface area contributed by atoms with Crippen molar-refractivity contribution in [3.05, 3.63) is 54.6 Å². The molecule has 0 atom stereocenters. The van der Waals surface area contributed by atoms with Crippen LogP contribution in [0.5, 0.6) is 17.2 Å². The number of aromatic hydroxyl groups is 1. The highest BCUT2D eigenvalue weighted by atomic mass is 16.7. The fourth-order valence-electron chi connectivity index (χ4n) is 3.63. The van der Waals surface area contributed by atoms with Crippen molar-refractivity contribution in [1.29, 1.82) is 0 Å². The highest BCUT2D eigenvalue weighted by molar-refractivity contribution is 6.08. The molecule has 2 aromatic heterocycles. The van der Waals surface area contributed by atoms with Gasteiger partial charge in [0.15, 0.2) is 11.5 Å². The molecule has 2 N–H and O–H groups in total. The summed E-state index contributed by atoms with van der Waals surface area (Å²) in [7, 11) is 0. The molecule has 0 aliphatic carbocycles. The number of hydrogen-bond donors (Lipinski definition) is 2. The minimum Gasteiger partial charge on any atom is -0.507 e. The Hall–Kier alpha value is -3.60. The van der Waals surface area contributed by atoms with Crippen LogP contribution in [0, 0.1) is 0 Å². The first-order valence-corrected chi connectivity index (χ1v) is 8.33. The lowest BCUT2D eigenvalue weighted by atomic mass is 10.1. The Bertz CT molecular complexity index is 1300. The molecule has 0 radical (unpaired) electrons. The molecule has 5 nitrogen and oxygen atoms in total. The fourth-order valence-corrected chi connectivity index (χ4v) is 3.63. The molecular weight excluding hydrogens is 330 g/mol. The number of hydrogen-bond acceptors (Lipinski definition) is 4. The second kappa shape index (κ2) is 4.73. The molecule has 0 saturated heterocycles. The van der Waals surface area contributed by atoms with Crippen LogP contribution in [0.1, 0.15) is 0 Å². The van der Waals surface area contributed by atoms with E-state index in [1.165, 1.54) is 0 Å². The molecule has 0 amide bonds. The van der Waals surface area contributed by atoms with Gasteiger partial charge in [-0.2, -0.15) is 0 Å². The largest absolute Gasteiger partial charge is 0.507 e. The van der Waals surface area contributed by atoms with Gasteiger partial charge in [0.1, 0.15) is 16.9 Å². The van der Waals surface area contributed by atoms with E-state index in [4.69, 9.17) is 13.9 Å². The summed E-state index contributed by atoms with van der Waals surface area (Å²) in [6.45, 7) is 0.223. The molecule has 5 aromatic rings. The van der Waals surface area contributed by atoms with Gasteiger partial charge in [-0.3, -0.25) is 0 Å². The summed E-state index contributed by atoms with van der Waals surface area (Å²) in [5.74, 6) is 1.56. The van der Waals surface area contributed by atoms with Crippen molar-refractivity contribution >= 4 is 32.8 Å². The fraction of sp³-hybridized carbons (Fsp3) is 0.0476. The summed E-state index contributed by atoms with van der Waals surface area (Å²) in [6, 6.07) is 17.4. The van der Waals surface area contributed by atoms with Gasteiger partial charge in [0, 0.05) is 39.4 Å². The molecule has 3 aromatic carbocycles. The maximum atomic E-state index is 10.5. The molecule has 5 heteroatoms. The van der Waals surface area contributed by atoms with Crippen LogP contribution in [0.4, 0.5) is 0 Å². The van der Waals surface area contributed by atoms with Crippen LogP contribution in [-0.4, -0.2) is 16.9 Å². The molecule has 126 valence electrons. The Morgan fingerprint density at radius 2 is 1.62 bits per heavy atom. The molecule has 6 rings (SSSR count). The van der Waals surface area contributed by atoms with Gasteiger partial charge in [0.2, 0.25) is 6.79 Å². The number of aromatic nitrogens is 1. The van der Waals surface area contributed by atoms with E-state index in [0.29, 0.717) is 22.7 Å². The van der Waals surface area contributed by atoms with E-state index >= 15 is 0 Å². The Morgan fingerprint density at radius 3 is 2.50 bits per heavy atom. The summed E-state index contributed by atoms with van der Waals surface area (Å²) < 4.78 is 16.8. The third-order valence-electron chi connectivity index (χ3n) is 4.90. The first kappa shape index (κ1) is 13.7. The zero-order valence-electron chi connectivity index (χ0n) is 13.6. The normalized spacial score (nSPS) is 13.2. The highest BCUT2D eigenvalue weighted by Gasteiger charge is 2.19. The van der Waals surface area contributed by atoms with E-state index in [2.05, 4.69) is 4.98 Å². The van der Waals surface area contributed by atoms with Crippen molar-refractivity contribution in [1.82, 2.24) is 4.98 Å². The monoisotopic (exact) mass is 343 g/mol. The van der Waals surface area contributed by atoms with Crippen molar-refractivity contribution in [3.63, 3.8) is 0 Å². The lowest BCUT2D eigenvalue weighted by Crippen LogP contribution is -1.92. The van der Waals surface area contributed by atoms with Gasteiger partial charge in [-0.15, -0.1) is 0 Å². The number of H-pyrrole nitrogens is 1. The van der Waals surface area contributed by atoms with Crippen LogP contribution in [0.3, 0.4) is 0 Å². The second-order valence-electron chi connectivity index (χ2n) is 6.44. The SMILES string of the molecule is Oc1cc2oc3cc4c(cc3c2cc1-c1cc2ccccc2[nH]1)OCO4. The van der Waals surface area contributed by atoms with E-state index in [-0.39, 0.29) is 12.5 Å². The Balaban J connectivity index is 1.63. The van der Waals surface area contributed by atoms with Crippen molar-refractivity contribution in [2.45, 2.75) is 0 Å². The zero-order chi connectivity index (χ0) is 17.3. The number of benzene rings is 3. The number of ether oxygens (including phenoxy) is 2. The van der Waals surface area contributed by atoms with Crippen molar-refractivity contribution in [2.24, 2.45) is 0 Å². The molecule has 26 heavy (non-hydrogen) atoms. The smallest absolute Gasteiger partial charge is 0.231 e. The molecule has 3 heterocycles. The summed E-state index contributed by atoms with van der Waals surface area (Å²) in [4.78, 5) is 3.36. The predicted octanol–water partition coefficient (Wildman–Crippen LogP) is 5.17. The molecule has 0 saturated carbocycles. The molecule has 0 unspecified atom stereocenters. The summed E-state index contributed by atoms with van der Waals surface area (Å²) in [5.41, 5.74) is 3.95. The number of fused-ring (bicyclic) bond motifs is 5. The third kappa shape index (κ3) is 1.80. The van der Waals surface area contributed by atoms with E-state index in [9.17, 15) is 5.11 Å². The number of rotatable bonds is 1. The van der Waals surface area contributed by atoms with E-state index in [1.54, 1.807) is 6.07 Å². The number of nitrogens with one attached hydrogen (secondary N) is 1. The van der Waals surface area contributed by atoms with Gasteiger partial charge < -0.3 is 24.0 Å². The van der Waals surface area contributed by atoms with Gasteiger partial charge >= 0.3 is 0 Å². The Morgan fingerprint density at radius 1 is 0.846 bits per heavy atom. The lowest BCUT2D eigenvalue weighted by Gasteiger charge is -2.02. The van der Waals surface area contributed by atoms with Crippen LogP contribution in [0.25, 0.3) is 44.1 Å². The minimum absolute atomic E-state index is 0.170. The zero-order valence-corrected chi connectivity index (χ0v) is 13.6. The number of aromatic amines is 1. The van der Waals surface area contributed by atoms with Crippen LogP contribution in [-0.2, 0) is 0 Å². The summed E-state index contributed by atoms with van der Waals surface area (Å²) in [6.07, 6.45) is 0. The molecule has 0 spiro atoms. The number of phenols is 1. The maximum Gasteiger partial charge on any atom is 0.231 e. The molecular formula is C21H13NO4. The van der Waals surface area contributed by atoms with Crippen molar-refractivity contribution in [3.8, 4) is 28.5 Å². The minimum atomic E-state index is 0.170. The first-order valence-electron chi connectivity index (χ1n) is 8.33. The molecule has 1 aliphatic rings. The van der Waals surface area contributed by atoms with Crippen LogP contribution < -0.4 is 9.47 Å². The quantitative estimate of drug-likeness (QED) is 0.441. The van der Waals surface area contributed by atoms with Crippen LogP contribution >= 0.6 is 0 Å².